The minimum Gasteiger partial charge on any atom is -0.395 e. The SMILES string of the molecule is C[C@H](/C=C/CCn1cc(C(CO)c2ccccc2)nn1)[C@@]1(O)C(=O)N(c2ccccc2)c2ccc(N3CN(c4ccccc4)C4(CCNCC4)C3=O)cc21. The fourth-order valence-electron chi connectivity index (χ4n) is 8.31. The van der Waals surface area contributed by atoms with Gasteiger partial charge in [-0.05, 0) is 80.4 Å². The molecule has 2 amide bonds. The number of allylic oxidation sites excluding steroid dienone is 1. The number of fused-ring (bicyclic) bond motifs is 1. The molecule has 0 saturated carbocycles. The van der Waals surface area contributed by atoms with Crippen molar-refractivity contribution < 1.29 is 19.8 Å². The van der Waals surface area contributed by atoms with Gasteiger partial charge in [0.2, 0.25) is 0 Å². The summed E-state index contributed by atoms with van der Waals surface area (Å²) in [6, 6.07) is 34.7. The van der Waals surface area contributed by atoms with Gasteiger partial charge in [0.1, 0.15) is 5.54 Å². The molecule has 3 aliphatic heterocycles. The third-order valence-corrected chi connectivity index (χ3v) is 11.3. The molecule has 1 aromatic heterocycles. The molecule has 11 nitrogen and oxygen atoms in total. The van der Waals surface area contributed by atoms with E-state index in [-0.39, 0.29) is 18.4 Å². The summed E-state index contributed by atoms with van der Waals surface area (Å²) >= 11 is 0. The third-order valence-electron chi connectivity index (χ3n) is 11.3. The second kappa shape index (κ2) is 14.7. The predicted molar refractivity (Wildman–Crippen MR) is 208 cm³/mol. The summed E-state index contributed by atoms with van der Waals surface area (Å²) in [6.07, 6.45) is 7.62. The van der Waals surface area contributed by atoms with E-state index in [1.807, 2.05) is 134 Å². The molecule has 3 atom stereocenters. The Bertz CT molecular complexity index is 2130. The van der Waals surface area contributed by atoms with Crippen LogP contribution in [0.25, 0.3) is 0 Å². The number of nitrogens with one attached hydrogen (secondary N) is 1. The van der Waals surface area contributed by atoms with Crippen LogP contribution < -0.4 is 20.0 Å². The van der Waals surface area contributed by atoms with E-state index in [1.54, 1.807) is 14.5 Å². The summed E-state index contributed by atoms with van der Waals surface area (Å²) in [7, 11) is 0. The second-order valence-electron chi connectivity index (χ2n) is 14.4. The number of benzene rings is 4. The first-order chi connectivity index (χ1) is 26.3. The number of piperidine rings is 1. The van der Waals surface area contributed by atoms with Crippen LogP contribution in [0.5, 0.6) is 0 Å². The van der Waals surface area contributed by atoms with Gasteiger partial charge in [-0.15, -0.1) is 5.10 Å². The van der Waals surface area contributed by atoms with Crippen LogP contribution in [0.2, 0.25) is 0 Å². The van der Waals surface area contributed by atoms with Crippen LogP contribution in [-0.2, 0) is 21.7 Å². The zero-order valence-electron chi connectivity index (χ0n) is 30.3. The number of para-hydroxylation sites is 2. The minimum atomic E-state index is -1.89. The molecule has 5 aromatic rings. The van der Waals surface area contributed by atoms with E-state index >= 15 is 0 Å². The fourth-order valence-corrected chi connectivity index (χ4v) is 8.31. The van der Waals surface area contributed by atoms with Crippen molar-refractivity contribution in [2.45, 2.75) is 49.8 Å². The highest BCUT2D eigenvalue weighted by Crippen LogP contribution is 2.50. The van der Waals surface area contributed by atoms with E-state index in [0.717, 1.165) is 24.3 Å². The molecular formula is C43H45N7O4. The second-order valence-corrected chi connectivity index (χ2v) is 14.4. The Labute approximate surface area is 315 Å². The zero-order valence-corrected chi connectivity index (χ0v) is 30.3. The van der Waals surface area contributed by atoms with Crippen LogP contribution in [0.1, 0.15) is 48.9 Å². The number of aryl methyl sites for hydroxylation is 1. The van der Waals surface area contributed by atoms with Gasteiger partial charge in [-0.2, -0.15) is 0 Å². The summed E-state index contributed by atoms with van der Waals surface area (Å²) in [6.45, 7) is 4.14. The highest BCUT2D eigenvalue weighted by molar-refractivity contribution is 6.13. The number of rotatable bonds is 11. The van der Waals surface area contributed by atoms with Crippen molar-refractivity contribution in [2.75, 3.05) is 41.1 Å². The Hall–Kier alpha value is -5.62. The van der Waals surface area contributed by atoms with Crippen LogP contribution in [0.4, 0.5) is 22.7 Å². The lowest BCUT2D eigenvalue weighted by atomic mass is 9.82. The van der Waals surface area contributed by atoms with Crippen molar-refractivity contribution in [3.63, 3.8) is 0 Å². The van der Waals surface area contributed by atoms with Crippen LogP contribution >= 0.6 is 0 Å². The van der Waals surface area contributed by atoms with E-state index in [9.17, 15) is 19.8 Å². The van der Waals surface area contributed by atoms with Gasteiger partial charge in [0.25, 0.3) is 11.8 Å². The molecule has 0 aliphatic carbocycles. The van der Waals surface area contributed by atoms with Gasteiger partial charge in [-0.25, -0.2) is 0 Å². The molecule has 2 saturated heterocycles. The molecule has 2 fully saturated rings. The van der Waals surface area contributed by atoms with Crippen molar-refractivity contribution in [3.8, 4) is 0 Å². The lowest BCUT2D eigenvalue weighted by Crippen LogP contribution is -2.55. The summed E-state index contributed by atoms with van der Waals surface area (Å²) in [5.41, 5.74) is 2.43. The van der Waals surface area contributed by atoms with E-state index < -0.39 is 23.0 Å². The number of anilines is 4. The average Bonchev–Trinajstić information content (AvgIpc) is 3.86. The normalized spacial score (nSPS) is 20.6. The summed E-state index contributed by atoms with van der Waals surface area (Å²) in [5.74, 6) is -1.29. The lowest BCUT2D eigenvalue weighted by Gasteiger charge is -2.39. The molecule has 0 bridgehead atoms. The molecular weight excluding hydrogens is 679 g/mol. The van der Waals surface area contributed by atoms with Crippen molar-refractivity contribution in [1.82, 2.24) is 20.3 Å². The van der Waals surface area contributed by atoms with Crippen molar-refractivity contribution >= 4 is 34.6 Å². The molecule has 3 N–H and O–H groups in total. The number of hydrogen-bond donors (Lipinski definition) is 3. The maximum Gasteiger partial charge on any atom is 0.268 e. The van der Waals surface area contributed by atoms with Crippen molar-refractivity contribution in [1.29, 1.82) is 0 Å². The Kier molecular flexibility index (Phi) is 9.61. The lowest BCUT2D eigenvalue weighted by molar-refractivity contribution is -0.138. The first-order valence-electron chi connectivity index (χ1n) is 18.7. The van der Waals surface area contributed by atoms with Crippen molar-refractivity contribution in [2.24, 2.45) is 5.92 Å². The fraction of sp³-hybridized carbons (Fsp3) is 0.302. The molecule has 54 heavy (non-hydrogen) atoms. The minimum absolute atomic E-state index is 0.0267. The quantitative estimate of drug-likeness (QED) is 0.153. The van der Waals surface area contributed by atoms with Crippen molar-refractivity contribution in [3.05, 3.63) is 144 Å². The van der Waals surface area contributed by atoms with E-state index in [0.29, 0.717) is 60.8 Å². The topological polar surface area (TPSA) is 127 Å². The number of hydrogen-bond acceptors (Lipinski definition) is 8. The average molecular weight is 724 g/mol. The molecule has 1 spiro atoms. The van der Waals surface area contributed by atoms with E-state index in [2.05, 4.69) is 20.5 Å². The van der Waals surface area contributed by atoms with E-state index in [4.69, 9.17) is 0 Å². The number of aliphatic hydroxyl groups is 2. The van der Waals surface area contributed by atoms with Gasteiger partial charge < -0.3 is 20.4 Å². The number of amides is 2. The van der Waals surface area contributed by atoms with Gasteiger partial charge >= 0.3 is 0 Å². The van der Waals surface area contributed by atoms with Crippen LogP contribution in [0.15, 0.2) is 128 Å². The zero-order chi connectivity index (χ0) is 37.3. The molecule has 276 valence electrons. The van der Waals surface area contributed by atoms with Crippen LogP contribution in [0, 0.1) is 5.92 Å². The predicted octanol–water partition coefficient (Wildman–Crippen LogP) is 5.48. The van der Waals surface area contributed by atoms with Gasteiger partial charge in [0.15, 0.2) is 5.60 Å². The Balaban J connectivity index is 1.07. The Morgan fingerprint density at radius 1 is 0.852 bits per heavy atom. The molecule has 0 radical (unpaired) electrons. The highest BCUT2D eigenvalue weighted by Gasteiger charge is 2.56. The molecule has 1 unspecified atom stereocenters. The maximum atomic E-state index is 14.5. The van der Waals surface area contributed by atoms with Gasteiger partial charge in [-0.1, -0.05) is 91.0 Å². The monoisotopic (exact) mass is 723 g/mol. The van der Waals surface area contributed by atoms with E-state index in [1.165, 1.54) is 0 Å². The molecule has 4 aromatic carbocycles. The first kappa shape index (κ1) is 35.4. The van der Waals surface area contributed by atoms with Crippen LogP contribution in [0.3, 0.4) is 0 Å². The molecule has 8 rings (SSSR count). The smallest absolute Gasteiger partial charge is 0.268 e. The van der Waals surface area contributed by atoms with Crippen LogP contribution in [-0.4, -0.2) is 68.9 Å². The summed E-state index contributed by atoms with van der Waals surface area (Å²) < 4.78 is 1.74. The maximum absolute atomic E-state index is 14.5. The number of carbonyl (C=O) groups is 2. The molecule has 11 heteroatoms. The Morgan fingerprint density at radius 2 is 1.52 bits per heavy atom. The standard InChI is InChI=1S/C43H45N7O4/c1-31(13-11-12-26-47-28-38(45-46-47)36(29-51)32-14-5-2-6-15-32)43(54)37-27-35(20-21-39(37)50(41(43)53)34-18-9-4-10-19-34)48-30-49(33-16-7-3-8-17-33)42(40(48)52)22-24-44-25-23-42/h2-11,13-21,27-28,31,36,44,51,54H,12,22-26,29-30H2,1H3/b13-11+/t31-,36?,43+/m1/s1. The van der Waals surface area contributed by atoms with Gasteiger partial charge in [0, 0.05) is 41.3 Å². The number of aromatic nitrogens is 3. The number of aliphatic hydroxyl groups excluding tert-OH is 1. The number of carbonyl (C=O) groups excluding carboxylic acids is 2. The summed E-state index contributed by atoms with van der Waals surface area (Å²) in [4.78, 5) is 34.6. The third kappa shape index (κ3) is 6.08. The largest absolute Gasteiger partial charge is 0.395 e. The first-order valence-corrected chi connectivity index (χ1v) is 18.7. The van der Waals surface area contributed by atoms with Gasteiger partial charge in [-0.3, -0.25) is 24.1 Å². The highest BCUT2D eigenvalue weighted by atomic mass is 16.3. The molecule has 3 aliphatic rings. The van der Waals surface area contributed by atoms with Gasteiger partial charge in [0.05, 0.1) is 30.6 Å². The number of nitrogens with zero attached hydrogens (tertiary/aromatic N) is 6. The Morgan fingerprint density at radius 3 is 2.20 bits per heavy atom. The summed E-state index contributed by atoms with van der Waals surface area (Å²) in [5, 5.41) is 34.7. The molecule has 4 heterocycles.